The predicted octanol–water partition coefficient (Wildman–Crippen LogP) is 17.6. The SMILES string of the molecule is CC(C)(C)c1cccc(N(c2ccccc2)c2ccc3cc4c5cc(C(C)(C)C)cc6c7oc8cc(N(c9ccccc9)c9cccc(C(C)(C)C)c9)ccc8c7n(c4cc3c2)c56)c1. The smallest absolute Gasteiger partial charge is 0.161 e. The first-order valence-electron chi connectivity index (χ1n) is 22.7. The molecule has 3 aromatic heterocycles. The zero-order chi connectivity index (χ0) is 44.3. The van der Waals surface area contributed by atoms with Gasteiger partial charge in [-0.15, -0.1) is 0 Å². The molecule has 0 aliphatic heterocycles. The first-order valence-corrected chi connectivity index (χ1v) is 22.7. The molecule has 0 spiro atoms. The molecule has 0 unspecified atom stereocenters. The predicted molar refractivity (Wildman–Crippen MR) is 274 cm³/mol. The number of nitrogens with zero attached hydrogens (tertiary/aromatic N) is 3. The van der Waals surface area contributed by atoms with E-state index in [-0.39, 0.29) is 16.2 Å². The fourth-order valence-electron chi connectivity index (χ4n) is 9.74. The van der Waals surface area contributed by atoms with Gasteiger partial charge in [0.05, 0.1) is 11.0 Å². The molecule has 0 aliphatic carbocycles. The van der Waals surface area contributed by atoms with E-state index in [0.29, 0.717) is 0 Å². The van der Waals surface area contributed by atoms with Gasteiger partial charge in [-0.05, 0) is 141 Å². The Hall–Kier alpha value is -7.04. The fourth-order valence-corrected chi connectivity index (χ4v) is 9.74. The number of rotatable bonds is 6. The Morgan fingerprint density at radius 2 is 0.875 bits per heavy atom. The molecule has 11 aromatic rings. The summed E-state index contributed by atoms with van der Waals surface area (Å²) in [4.78, 5) is 4.73. The van der Waals surface area contributed by atoms with Crippen LogP contribution in [0.1, 0.15) is 79.0 Å². The van der Waals surface area contributed by atoms with E-state index in [4.69, 9.17) is 4.42 Å². The largest absolute Gasteiger partial charge is 0.454 e. The highest BCUT2D eigenvalue weighted by Gasteiger charge is 2.27. The monoisotopic (exact) mass is 833 g/mol. The van der Waals surface area contributed by atoms with E-state index in [1.165, 1.54) is 49.3 Å². The first-order chi connectivity index (χ1) is 30.6. The van der Waals surface area contributed by atoms with E-state index in [9.17, 15) is 0 Å². The van der Waals surface area contributed by atoms with E-state index in [1.54, 1.807) is 0 Å². The number of aromatic nitrogens is 1. The van der Waals surface area contributed by atoms with Crippen LogP contribution in [0.4, 0.5) is 34.1 Å². The van der Waals surface area contributed by atoms with E-state index in [1.807, 2.05) is 0 Å². The third kappa shape index (κ3) is 6.50. The number of hydrogen-bond donors (Lipinski definition) is 0. The minimum Gasteiger partial charge on any atom is -0.454 e. The lowest BCUT2D eigenvalue weighted by Gasteiger charge is -2.28. The molecule has 0 radical (unpaired) electrons. The van der Waals surface area contributed by atoms with Gasteiger partial charge in [-0.3, -0.25) is 0 Å². The first kappa shape index (κ1) is 39.8. The fraction of sp³-hybridized carbons (Fsp3) is 0.200. The van der Waals surface area contributed by atoms with Gasteiger partial charge >= 0.3 is 0 Å². The Bertz CT molecular complexity index is 3550. The molecule has 8 aromatic carbocycles. The van der Waals surface area contributed by atoms with Crippen molar-refractivity contribution in [3.63, 3.8) is 0 Å². The van der Waals surface area contributed by atoms with Crippen molar-refractivity contribution in [3.05, 3.63) is 187 Å². The Labute approximate surface area is 376 Å². The minimum absolute atomic E-state index is 0.0144. The highest BCUT2D eigenvalue weighted by atomic mass is 16.3. The summed E-state index contributed by atoms with van der Waals surface area (Å²) in [6.45, 7) is 20.6. The molecule has 0 bridgehead atoms. The normalized spacial score (nSPS) is 12.8. The van der Waals surface area contributed by atoms with Crippen LogP contribution in [0.5, 0.6) is 0 Å². The summed E-state index contributed by atoms with van der Waals surface area (Å²) in [6, 6.07) is 62.6. The van der Waals surface area contributed by atoms with Crippen molar-refractivity contribution in [2.24, 2.45) is 0 Å². The second-order valence-electron chi connectivity index (χ2n) is 20.8. The van der Waals surface area contributed by atoms with Crippen LogP contribution in [-0.2, 0) is 16.2 Å². The number of hydrogen-bond acceptors (Lipinski definition) is 3. The lowest BCUT2D eigenvalue weighted by molar-refractivity contribution is 0.590. The standard InChI is InChI=1S/C60H55N3O/c1-58(2,3)40-18-16-24-45(33-40)61(43-20-12-10-13-21-43)47-27-26-38-31-50-51-35-42(60(7,8)9)36-52-55(51)63(53(50)32-39(38)30-47)56-49-29-28-48(37-54(49)64-57(52)56)62(44-22-14-11-15-23-44)46-25-17-19-41(34-46)59(4,5)6/h10-37H,1-9H3. The zero-order valence-corrected chi connectivity index (χ0v) is 38.4. The van der Waals surface area contributed by atoms with Gasteiger partial charge in [0, 0.05) is 61.7 Å². The topological polar surface area (TPSA) is 24.0 Å². The van der Waals surface area contributed by atoms with Crippen LogP contribution in [0.3, 0.4) is 0 Å². The highest BCUT2D eigenvalue weighted by Crippen LogP contribution is 2.48. The second kappa shape index (κ2) is 14.2. The van der Waals surface area contributed by atoms with E-state index < -0.39 is 0 Å². The molecule has 4 nitrogen and oxygen atoms in total. The van der Waals surface area contributed by atoms with E-state index in [2.05, 4.69) is 246 Å². The van der Waals surface area contributed by atoms with Crippen molar-refractivity contribution >= 4 is 94.2 Å². The van der Waals surface area contributed by atoms with Gasteiger partial charge < -0.3 is 18.6 Å². The molecule has 4 heteroatoms. The van der Waals surface area contributed by atoms with Gasteiger partial charge in [0.15, 0.2) is 5.58 Å². The summed E-state index contributed by atoms with van der Waals surface area (Å²) in [6.07, 6.45) is 0. The minimum atomic E-state index is -0.0598. The van der Waals surface area contributed by atoms with Gasteiger partial charge in [0.2, 0.25) is 0 Å². The van der Waals surface area contributed by atoms with Crippen LogP contribution < -0.4 is 9.80 Å². The molecule has 0 N–H and O–H groups in total. The number of benzene rings is 8. The van der Waals surface area contributed by atoms with Crippen molar-refractivity contribution in [2.75, 3.05) is 9.80 Å². The maximum absolute atomic E-state index is 7.11. The van der Waals surface area contributed by atoms with Gasteiger partial charge in [-0.2, -0.15) is 0 Å². The summed E-state index contributed by atoms with van der Waals surface area (Å²) in [5.41, 5.74) is 15.9. The molecule has 64 heavy (non-hydrogen) atoms. The van der Waals surface area contributed by atoms with Crippen molar-refractivity contribution < 1.29 is 4.42 Å². The lowest BCUT2D eigenvalue weighted by atomic mass is 9.85. The maximum atomic E-state index is 7.11. The third-order valence-corrected chi connectivity index (χ3v) is 13.3. The molecule has 0 amide bonds. The Kier molecular flexibility index (Phi) is 8.85. The Morgan fingerprint density at radius 3 is 1.45 bits per heavy atom. The Balaban J connectivity index is 1.14. The molecule has 11 rings (SSSR count). The number of fused-ring (bicyclic) bond motifs is 9. The lowest BCUT2D eigenvalue weighted by Crippen LogP contribution is -2.14. The van der Waals surface area contributed by atoms with Crippen molar-refractivity contribution in [1.29, 1.82) is 0 Å². The number of para-hydroxylation sites is 2. The van der Waals surface area contributed by atoms with Crippen LogP contribution >= 0.6 is 0 Å². The molecular formula is C60H55N3O. The maximum Gasteiger partial charge on any atom is 0.161 e. The van der Waals surface area contributed by atoms with Crippen molar-refractivity contribution in [1.82, 2.24) is 4.40 Å². The quantitative estimate of drug-likeness (QED) is 0.167. The summed E-state index contributed by atoms with van der Waals surface area (Å²) < 4.78 is 9.60. The van der Waals surface area contributed by atoms with Crippen LogP contribution in [0, 0.1) is 0 Å². The summed E-state index contributed by atoms with van der Waals surface area (Å²) in [5, 5.41) is 7.18. The third-order valence-electron chi connectivity index (χ3n) is 13.3. The van der Waals surface area contributed by atoms with Crippen LogP contribution in [0.25, 0.3) is 60.0 Å². The van der Waals surface area contributed by atoms with E-state index >= 15 is 0 Å². The molecular weight excluding hydrogens is 779 g/mol. The molecule has 0 aliphatic rings. The van der Waals surface area contributed by atoms with Gasteiger partial charge in [0.1, 0.15) is 11.1 Å². The van der Waals surface area contributed by atoms with Gasteiger partial charge in [0.25, 0.3) is 0 Å². The molecule has 0 atom stereocenters. The number of anilines is 6. The summed E-state index contributed by atoms with van der Waals surface area (Å²) >= 11 is 0. The molecule has 0 saturated heterocycles. The zero-order valence-electron chi connectivity index (χ0n) is 38.4. The van der Waals surface area contributed by atoms with Crippen molar-refractivity contribution in [3.8, 4) is 0 Å². The Morgan fingerprint density at radius 1 is 0.359 bits per heavy atom. The average Bonchev–Trinajstić information content (AvgIpc) is 3.91. The summed E-state index contributed by atoms with van der Waals surface area (Å²) in [7, 11) is 0. The molecule has 3 heterocycles. The second-order valence-corrected chi connectivity index (χ2v) is 20.8. The van der Waals surface area contributed by atoms with Gasteiger partial charge in [-0.25, -0.2) is 0 Å². The summed E-state index contributed by atoms with van der Waals surface area (Å²) in [5.74, 6) is 0. The van der Waals surface area contributed by atoms with Crippen LogP contribution in [-0.4, -0.2) is 4.40 Å². The van der Waals surface area contributed by atoms with Crippen molar-refractivity contribution in [2.45, 2.75) is 78.6 Å². The van der Waals surface area contributed by atoms with Gasteiger partial charge in [-0.1, -0.05) is 129 Å². The highest BCUT2D eigenvalue weighted by molar-refractivity contribution is 6.27. The molecule has 0 saturated carbocycles. The van der Waals surface area contributed by atoms with Crippen LogP contribution in [0.2, 0.25) is 0 Å². The average molecular weight is 834 g/mol. The molecule has 0 fully saturated rings. The molecule has 316 valence electrons. The number of furan rings is 1. The van der Waals surface area contributed by atoms with E-state index in [0.717, 1.165) is 61.6 Å². The van der Waals surface area contributed by atoms with Crippen LogP contribution in [0.15, 0.2) is 174 Å².